The zero-order valence-electron chi connectivity index (χ0n) is 13.7. The number of ether oxygens (including phenoxy) is 3. The molecule has 2 aliphatic rings. The maximum atomic E-state index is 12.1. The summed E-state index contributed by atoms with van der Waals surface area (Å²) in [6.07, 6.45) is 6.99. The van der Waals surface area contributed by atoms with Gasteiger partial charge in [0, 0.05) is 24.6 Å². The number of aromatic nitrogens is 2. The van der Waals surface area contributed by atoms with Gasteiger partial charge in [0.2, 0.25) is 6.79 Å². The van der Waals surface area contributed by atoms with Crippen LogP contribution in [0.3, 0.4) is 0 Å². The summed E-state index contributed by atoms with van der Waals surface area (Å²) in [5.41, 5.74) is 1.26. The molecule has 0 aliphatic carbocycles. The van der Waals surface area contributed by atoms with Crippen molar-refractivity contribution in [2.75, 3.05) is 24.0 Å². The van der Waals surface area contributed by atoms with Crippen molar-refractivity contribution >= 4 is 17.4 Å². The molecule has 8 nitrogen and oxygen atoms in total. The van der Waals surface area contributed by atoms with Gasteiger partial charge in [-0.1, -0.05) is 0 Å². The highest BCUT2D eigenvalue weighted by molar-refractivity contribution is 5.99. The van der Waals surface area contributed by atoms with Crippen LogP contribution in [0.4, 0.5) is 16.2 Å². The highest BCUT2D eigenvalue weighted by Crippen LogP contribution is 2.34. The van der Waals surface area contributed by atoms with Gasteiger partial charge in [-0.05, 0) is 31.4 Å². The van der Waals surface area contributed by atoms with Crippen molar-refractivity contribution in [1.29, 1.82) is 0 Å². The van der Waals surface area contributed by atoms with Crippen LogP contribution < -0.4 is 20.1 Å². The van der Waals surface area contributed by atoms with Gasteiger partial charge in [-0.2, -0.15) is 5.10 Å². The van der Waals surface area contributed by atoms with E-state index in [1.807, 2.05) is 0 Å². The molecule has 0 bridgehead atoms. The van der Waals surface area contributed by atoms with Gasteiger partial charge in [-0.15, -0.1) is 0 Å². The van der Waals surface area contributed by atoms with Gasteiger partial charge in [0.1, 0.15) is 0 Å². The van der Waals surface area contributed by atoms with Crippen molar-refractivity contribution < 1.29 is 19.0 Å². The maximum Gasteiger partial charge on any atom is 0.323 e. The topological polar surface area (TPSA) is 86.6 Å². The third-order valence-electron chi connectivity index (χ3n) is 4.19. The Kier molecular flexibility index (Phi) is 4.43. The summed E-state index contributed by atoms with van der Waals surface area (Å²) in [4.78, 5) is 12.1. The molecule has 4 rings (SSSR count). The van der Waals surface area contributed by atoms with Gasteiger partial charge in [0.25, 0.3) is 0 Å². The van der Waals surface area contributed by atoms with E-state index in [0.29, 0.717) is 29.4 Å². The largest absolute Gasteiger partial charge is 0.454 e. The number of amides is 2. The normalized spacial score (nSPS) is 18.8. The number of carbonyl (C=O) groups excluding carboxylic acids is 1. The predicted octanol–water partition coefficient (Wildman–Crippen LogP) is 2.82. The first kappa shape index (κ1) is 15.8. The van der Waals surface area contributed by atoms with Crippen molar-refractivity contribution in [1.82, 2.24) is 9.78 Å². The van der Waals surface area contributed by atoms with Crippen LogP contribution in [0.1, 0.15) is 19.3 Å². The minimum absolute atomic E-state index is 0.198. The minimum Gasteiger partial charge on any atom is -0.454 e. The summed E-state index contributed by atoms with van der Waals surface area (Å²) in [6.45, 7) is 1.72. The summed E-state index contributed by atoms with van der Waals surface area (Å²) in [7, 11) is 0. The second-order valence-electron chi connectivity index (χ2n) is 6.09. The lowest BCUT2D eigenvalue weighted by atomic mass is 10.1. The average molecular weight is 344 g/mol. The van der Waals surface area contributed by atoms with Gasteiger partial charge in [-0.3, -0.25) is 4.68 Å². The molecule has 3 heterocycles. The fourth-order valence-corrected chi connectivity index (χ4v) is 2.96. The minimum atomic E-state index is -0.340. The lowest BCUT2D eigenvalue weighted by molar-refractivity contribution is 0.00400. The van der Waals surface area contributed by atoms with Crippen LogP contribution in [0.15, 0.2) is 30.6 Å². The molecule has 0 saturated carbocycles. The number of carbonyl (C=O) groups is 1. The number of hydrogen-bond acceptors (Lipinski definition) is 5. The highest BCUT2D eigenvalue weighted by Gasteiger charge is 2.16. The molecule has 1 atom stereocenters. The Balaban J connectivity index is 1.32. The van der Waals surface area contributed by atoms with E-state index >= 15 is 0 Å². The van der Waals surface area contributed by atoms with E-state index in [2.05, 4.69) is 15.7 Å². The number of anilines is 2. The molecule has 1 fully saturated rings. The van der Waals surface area contributed by atoms with Gasteiger partial charge in [-0.25, -0.2) is 4.79 Å². The molecular weight excluding hydrogens is 324 g/mol. The second kappa shape index (κ2) is 7.02. The first-order chi connectivity index (χ1) is 12.3. The van der Waals surface area contributed by atoms with Crippen molar-refractivity contribution in [3.05, 3.63) is 30.6 Å². The van der Waals surface area contributed by atoms with E-state index in [-0.39, 0.29) is 18.9 Å². The summed E-state index contributed by atoms with van der Waals surface area (Å²) >= 11 is 0. The van der Waals surface area contributed by atoms with E-state index in [1.165, 1.54) is 6.42 Å². The zero-order valence-corrected chi connectivity index (χ0v) is 13.7. The zero-order chi connectivity index (χ0) is 17.1. The van der Waals surface area contributed by atoms with Gasteiger partial charge >= 0.3 is 6.03 Å². The molecule has 1 aromatic heterocycles. The fraction of sp³-hybridized carbons (Fsp3) is 0.412. The van der Waals surface area contributed by atoms with E-state index in [9.17, 15) is 4.79 Å². The molecule has 25 heavy (non-hydrogen) atoms. The molecule has 132 valence electrons. The molecule has 8 heteroatoms. The SMILES string of the molecule is O=C(Nc1ccc2c(c1)OCO2)Nc1cnn(C[C@@H]2CCCCO2)c1. The third-order valence-corrected chi connectivity index (χ3v) is 4.19. The number of nitrogens with zero attached hydrogens (tertiary/aromatic N) is 2. The Hall–Kier alpha value is -2.74. The third kappa shape index (κ3) is 3.85. The molecule has 2 N–H and O–H groups in total. The van der Waals surface area contributed by atoms with Gasteiger partial charge in [0.05, 0.1) is 24.5 Å². The lowest BCUT2D eigenvalue weighted by Crippen LogP contribution is -2.24. The summed E-state index contributed by atoms with van der Waals surface area (Å²) in [5.74, 6) is 1.30. The molecule has 2 amide bonds. The molecule has 0 unspecified atom stereocenters. The first-order valence-electron chi connectivity index (χ1n) is 8.38. The monoisotopic (exact) mass is 344 g/mol. The van der Waals surface area contributed by atoms with Crippen LogP contribution in [0.5, 0.6) is 11.5 Å². The summed E-state index contributed by atoms with van der Waals surface area (Å²) < 4.78 is 18.0. The number of fused-ring (bicyclic) bond motifs is 1. The first-order valence-corrected chi connectivity index (χ1v) is 8.38. The molecule has 0 radical (unpaired) electrons. The lowest BCUT2D eigenvalue weighted by Gasteiger charge is -2.22. The smallest absolute Gasteiger partial charge is 0.323 e. The highest BCUT2D eigenvalue weighted by atomic mass is 16.7. The fourth-order valence-electron chi connectivity index (χ4n) is 2.96. The van der Waals surface area contributed by atoms with Crippen LogP contribution in [-0.2, 0) is 11.3 Å². The maximum absolute atomic E-state index is 12.1. The van der Waals surface area contributed by atoms with Crippen LogP contribution in [0.2, 0.25) is 0 Å². The molecule has 2 aliphatic heterocycles. The van der Waals surface area contributed by atoms with Crippen molar-refractivity contribution in [2.24, 2.45) is 0 Å². The number of rotatable bonds is 4. The van der Waals surface area contributed by atoms with Crippen molar-refractivity contribution in [3.63, 3.8) is 0 Å². The van der Waals surface area contributed by atoms with E-state index < -0.39 is 0 Å². The molecule has 2 aromatic rings. The molecule has 0 spiro atoms. The van der Waals surface area contributed by atoms with Crippen LogP contribution >= 0.6 is 0 Å². The predicted molar refractivity (Wildman–Crippen MR) is 91.0 cm³/mol. The quantitative estimate of drug-likeness (QED) is 0.891. The number of benzene rings is 1. The van der Waals surface area contributed by atoms with E-state index in [0.717, 1.165) is 19.4 Å². The number of hydrogen-bond donors (Lipinski definition) is 2. The van der Waals surface area contributed by atoms with Gasteiger partial charge < -0.3 is 24.8 Å². The second-order valence-corrected chi connectivity index (χ2v) is 6.09. The van der Waals surface area contributed by atoms with Gasteiger partial charge in [0.15, 0.2) is 11.5 Å². The van der Waals surface area contributed by atoms with Crippen molar-refractivity contribution in [2.45, 2.75) is 31.9 Å². The molecular formula is C17H20N4O4. The Morgan fingerprint density at radius 3 is 2.96 bits per heavy atom. The van der Waals surface area contributed by atoms with E-state index in [4.69, 9.17) is 14.2 Å². The Bertz CT molecular complexity index is 755. The number of nitrogens with one attached hydrogen (secondary N) is 2. The average Bonchev–Trinajstić information content (AvgIpc) is 3.24. The Morgan fingerprint density at radius 1 is 1.20 bits per heavy atom. The summed E-state index contributed by atoms with van der Waals surface area (Å²) in [6, 6.07) is 4.91. The van der Waals surface area contributed by atoms with E-state index in [1.54, 1.807) is 35.3 Å². The summed E-state index contributed by atoms with van der Waals surface area (Å²) in [5, 5.41) is 9.81. The molecule has 1 aromatic carbocycles. The van der Waals surface area contributed by atoms with Crippen LogP contribution in [-0.4, -0.2) is 35.3 Å². The Labute approximate surface area is 145 Å². The van der Waals surface area contributed by atoms with Crippen LogP contribution in [0.25, 0.3) is 0 Å². The van der Waals surface area contributed by atoms with Crippen LogP contribution in [0, 0.1) is 0 Å². The standard InChI is InChI=1S/C17H20N4O4/c22-17(19-12-4-5-15-16(7-12)25-11-24-15)20-13-8-18-21(9-13)10-14-3-1-2-6-23-14/h4-5,7-9,14H,1-3,6,10-11H2,(H2,19,20,22)/t14-/m0/s1. The number of urea groups is 1. The molecule has 1 saturated heterocycles. The Morgan fingerprint density at radius 2 is 2.08 bits per heavy atom. The van der Waals surface area contributed by atoms with Crippen molar-refractivity contribution in [3.8, 4) is 11.5 Å².